The highest BCUT2D eigenvalue weighted by atomic mass is 28.4. The summed E-state index contributed by atoms with van der Waals surface area (Å²) in [6, 6.07) is 1.20. The van der Waals surface area contributed by atoms with Crippen LogP contribution in [0.2, 0.25) is 32.2 Å². The van der Waals surface area contributed by atoms with Gasteiger partial charge in [-0.1, -0.05) is 32.8 Å². The van der Waals surface area contributed by atoms with Gasteiger partial charge >= 0.3 is 5.97 Å². The van der Waals surface area contributed by atoms with E-state index in [-0.39, 0.29) is 5.97 Å². The normalized spacial score (nSPS) is 13.6. The van der Waals surface area contributed by atoms with Crippen molar-refractivity contribution in [3.8, 4) is 0 Å². The molecule has 0 rings (SSSR count). The van der Waals surface area contributed by atoms with E-state index in [0.717, 1.165) is 6.42 Å². The van der Waals surface area contributed by atoms with Crippen molar-refractivity contribution in [2.24, 2.45) is 0 Å². The van der Waals surface area contributed by atoms with Gasteiger partial charge in [0.05, 0.1) is 6.61 Å². The van der Waals surface area contributed by atoms with Crippen molar-refractivity contribution in [2.75, 3.05) is 13.7 Å². The van der Waals surface area contributed by atoms with Crippen LogP contribution in [0.4, 0.5) is 0 Å². The van der Waals surface area contributed by atoms with Gasteiger partial charge in [0.25, 0.3) is 0 Å². The summed E-state index contributed by atoms with van der Waals surface area (Å²) in [7, 11) is 0.275. The Hall–Kier alpha value is -0.396. The maximum atomic E-state index is 11.2. The van der Waals surface area contributed by atoms with Crippen LogP contribution in [-0.4, -0.2) is 41.0 Å². The fourth-order valence-corrected chi connectivity index (χ4v) is 8.34. The van der Waals surface area contributed by atoms with Crippen molar-refractivity contribution >= 4 is 23.2 Å². The van der Waals surface area contributed by atoms with Crippen LogP contribution >= 0.6 is 0 Å². The number of hydrogen-bond acceptors (Lipinski definition) is 3. The molecule has 0 heterocycles. The van der Waals surface area contributed by atoms with Crippen molar-refractivity contribution in [3.05, 3.63) is 12.2 Å². The highest BCUT2D eigenvalue weighted by Crippen LogP contribution is 2.12. The second-order valence-electron chi connectivity index (χ2n) is 5.69. The molecule has 0 fully saturated rings. The fourth-order valence-electron chi connectivity index (χ4n) is 1.52. The number of rotatable bonds is 7. The molecule has 0 amide bonds. The molecule has 100 valence electrons. The summed E-state index contributed by atoms with van der Waals surface area (Å²) >= 11 is 0. The smallest absolute Gasteiger partial charge is 0.333 e. The molecule has 0 bridgehead atoms. The lowest BCUT2D eigenvalue weighted by Gasteiger charge is -2.35. The molecule has 0 aliphatic rings. The summed E-state index contributed by atoms with van der Waals surface area (Å²) in [4.78, 5) is 11.2. The van der Waals surface area contributed by atoms with Crippen LogP contribution in [0.1, 0.15) is 13.3 Å². The van der Waals surface area contributed by atoms with E-state index in [1.807, 2.05) is 0 Å². The van der Waals surface area contributed by atoms with Gasteiger partial charge in [-0.25, -0.2) is 4.79 Å². The van der Waals surface area contributed by atoms with Crippen molar-refractivity contribution in [1.82, 2.24) is 4.23 Å². The van der Waals surface area contributed by atoms with Crippen molar-refractivity contribution in [2.45, 2.75) is 45.6 Å². The second kappa shape index (κ2) is 7.13. The molecule has 1 unspecified atom stereocenters. The van der Waals surface area contributed by atoms with Crippen LogP contribution in [0.5, 0.6) is 0 Å². The Morgan fingerprint density at radius 3 is 2.35 bits per heavy atom. The van der Waals surface area contributed by atoms with E-state index >= 15 is 0 Å². The Kier molecular flexibility index (Phi) is 6.96. The van der Waals surface area contributed by atoms with Crippen molar-refractivity contribution in [1.29, 1.82) is 0 Å². The van der Waals surface area contributed by atoms with Crippen LogP contribution in [0.3, 0.4) is 0 Å². The zero-order valence-electron chi connectivity index (χ0n) is 12.2. The topological polar surface area (TPSA) is 29.5 Å². The highest BCUT2D eigenvalue weighted by Gasteiger charge is 2.24. The molecule has 0 spiro atoms. The average Bonchev–Trinajstić information content (AvgIpc) is 2.20. The summed E-state index contributed by atoms with van der Waals surface area (Å²) in [5.41, 5.74) is 0.481. The lowest BCUT2D eigenvalue weighted by molar-refractivity contribution is -0.138. The lowest BCUT2D eigenvalue weighted by Crippen LogP contribution is -2.50. The summed E-state index contributed by atoms with van der Waals surface area (Å²) in [5.74, 6) is -0.266. The largest absolute Gasteiger partial charge is 0.462 e. The maximum Gasteiger partial charge on any atom is 0.333 e. The zero-order valence-corrected chi connectivity index (χ0v) is 14.3. The van der Waals surface area contributed by atoms with Crippen molar-refractivity contribution < 1.29 is 9.53 Å². The molecule has 0 aromatic rings. The van der Waals surface area contributed by atoms with E-state index in [0.29, 0.717) is 12.2 Å². The molecule has 17 heavy (non-hydrogen) atoms. The van der Waals surface area contributed by atoms with Crippen LogP contribution in [-0.2, 0) is 9.53 Å². The minimum Gasteiger partial charge on any atom is -0.462 e. The quantitative estimate of drug-likeness (QED) is 0.309. The summed E-state index contributed by atoms with van der Waals surface area (Å²) in [6.07, 6.45) is 0.973. The number of carbonyl (C=O) groups excluding carboxylic acids is 1. The monoisotopic (exact) mass is 273 g/mol. The molecule has 0 aliphatic carbocycles. The summed E-state index contributed by atoms with van der Waals surface area (Å²) in [5, 5.41) is 0. The first-order valence-electron chi connectivity index (χ1n) is 6.22. The Bertz CT molecular complexity index is 274. The Morgan fingerprint density at radius 1 is 1.41 bits per heavy atom. The first-order valence-corrected chi connectivity index (χ1v) is 12.1. The molecule has 0 radical (unpaired) electrons. The van der Waals surface area contributed by atoms with Gasteiger partial charge in [0.1, 0.15) is 17.2 Å². The minimum absolute atomic E-state index is 0.266. The summed E-state index contributed by atoms with van der Waals surface area (Å²) < 4.78 is 7.71. The zero-order chi connectivity index (χ0) is 13.6. The molecule has 3 nitrogen and oxygen atoms in total. The Morgan fingerprint density at radius 2 is 1.94 bits per heavy atom. The summed E-state index contributed by atoms with van der Waals surface area (Å²) in [6.45, 7) is 15.3. The predicted octanol–water partition coefficient (Wildman–Crippen LogP) is 2.62. The fraction of sp³-hybridized carbons (Fsp3) is 0.750. The number of esters is 1. The third-order valence-corrected chi connectivity index (χ3v) is 11.4. The maximum absolute atomic E-state index is 11.2. The van der Waals surface area contributed by atoms with Crippen LogP contribution in [0.15, 0.2) is 12.2 Å². The number of hydrogen-bond donors (Lipinski definition) is 0. The third kappa shape index (κ3) is 6.80. The van der Waals surface area contributed by atoms with E-state index in [1.54, 1.807) is 6.92 Å². The Balaban J connectivity index is 3.83. The van der Waals surface area contributed by atoms with E-state index in [1.165, 1.54) is 6.04 Å². The van der Waals surface area contributed by atoms with Gasteiger partial charge in [-0.15, -0.1) is 0 Å². The van der Waals surface area contributed by atoms with Crippen molar-refractivity contribution in [3.63, 3.8) is 0 Å². The Labute approximate surface area is 109 Å². The van der Waals surface area contributed by atoms with E-state index in [4.69, 9.17) is 4.74 Å². The SMILES string of the molecule is C=C(C)C(=O)OCCC[SiH](C)N(C)[Si](C)(C)C. The van der Waals surface area contributed by atoms with Gasteiger partial charge < -0.3 is 8.97 Å². The van der Waals surface area contributed by atoms with E-state index in [9.17, 15) is 4.79 Å². The number of ether oxygens (including phenoxy) is 1. The molecule has 0 aliphatic heterocycles. The van der Waals surface area contributed by atoms with Gasteiger partial charge in [-0.05, 0) is 26.4 Å². The molecular weight excluding hydrogens is 246 g/mol. The van der Waals surface area contributed by atoms with E-state index < -0.39 is 17.2 Å². The minimum atomic E-state index is -1.15. The first-order chi connectivity index (χ1) is 7.66. The number of carbonyl (C=O) groups is 1. The first kappa shape index (κ1) is 16.6. The molecule has 0 aromatic heterocycles. The third-order valence-electron chi connectivity index (χ3n) is 3.07. The van der Waals surface area contributed by atoms with Gasteiger partial charge in [0, 0.05) is 5.57 Å². The molecule has 0 saturated heterocycles. The lowest BCUT2D eigenvalue weighted by atomic mass is 10.4. The highest BCUT2D eigenvalue weighted by molar-refractivity contribution is 6.82. The molecule has 0 N–H and O–H groups in total. The molecule has 1 atom stereocenters. The predicted molar refractivity (Wildman–Crippen MR) is 79.3 cm³/mol. The van der Waals surface area contributed by atoms with Crippen LogP contribution < -0.4 is 0 Å². The van der Waals surface area contributed by atoms with E-state index in [2.05, 4.69) is 44.0 Å². The van der Waals surface area contributed by atoms with Gasteiger partial charge in [0.2, 0.25) is 0 Å². The second-order valence-corrected chi connectivity index (χ2v) is 14.3. The van der Waals surface area contributed by atoms with Crippen LogP contribution in [0.25, 0.3) is 0 Å². The van der Waals surface area contributed by atoms with Gasteiger partial charge in [-0.3, -0.25) is 0 Å². The molecule has 5 heteroatoms. The standard InChI is InChI=1S/C12H27NO2Si2/c1-11(2)12(14)15-9-8-10-16(4)13(3)17(5,6)7/h16H,1,8-10H2,2-7H3. The molecular formula is C12H27NO2Si2. The molecule has 0 aromatic carbocycles. The average molecular weight is 274 g/mol. The van der Waals surface area contributed by atoms with Gasteiger partial charge in [0.15, 0.2) is 0 Å². The van der Waals surface area contributed by atoms with Crippen LogP contribution in [0, 0.1) is 0 Å². The molecule has 0 saturated carbocycles. The number of nitrogens with zero attached hydrogens (tertiary/aromatic N) is 1. The van der Waals surface area contributed by atoms with Gasteiger partial charge in [-0.2, -0.15) is 0 Å².